The lowest BCUT2D eigenvalue weighted by molar-refractivity contribution is 0.289. The fraction of sp³-hybridized carbons (Fsp3) is 0.219. The van der Waals surface area contributed by atoms with Crippen LogP contribution in [0.25, 0.3) is 11.6 Å². The van der Waals surface area contributed by atoms with Gasteiger partial charge < -0.3 is 19.3 Å². The van der Waals surface area contributed by atoms with Gasteiger partial charge in [-0.2, -0.15) is 0 Å². The molecule has 0 spiro atoms. The van der Waals surface area contributed by atoms with Crippen LogP contribution in [0.2, 0.25) is 0 Å². The third-order valence-corrected chi connectivity index (χ3v) is 14.7. The summed E-state index contributed by atoms with van der Waals surface area (Å²) in [5.41, 5.74) is 16.9. The van der Waals surface area contributed by atoms with Crippen LogP contribution >= 0.6 is 0 Å². The van der Waals surface area contributed by atoms with Gasteiger partial charge >= 0.3 is 0 Å². The zero-order valence-electron chi connectivity index (χ0n) is 40.3. The van der Waals surface area contributed by atoms with E-state index in [0.29, 0.717) is 18.6 Å². The van der Waals surface area contributed by atoms with Crippen molar-refractivity contribution in [3.63, 3.8) is 0 Å². The molecule has 2 aliphatic heterocycles. The van der Waals surface area contributed by atoms with Gasteiger partial charge in [-0.05, 0) is 120 Å². The molecule has 1 unspecified atom stereocenters. The molecule has 0 N–H and O–H groups in total. The quantitative estimate of drug-likeness (QED) is 0.189. The summed E-state index contributed by atoms with van der Waals surface area (Å²) < 4.78 is 13.6. The molecule has 4 heteroatoms. The van der Waals surface area contributed by atoms with E-state index in [4.69, 9.17) is 9.47 Å². The zero-order chi connectivity index (χ0) is 47.2. The van der Waals surface area contributed by atoms with E-state index in [9.17, 15) is 0 Å². The molecule has 0 amide bonds. The summed E-state index contributed by atoms with van der Waals surface area (Å²) in [7, 11) is 0. The number of anilines is 1. The summed E-state index contributed by atoms with van der Waals surface area (Å²) in [6.07, 6.45) is 42.6. The molecular formula is C64H62N2O2. The van der Waals surface area contributed by atoms with Gasteiger partial charge in [0, 0.05) is 75.4 Å². The Labute approximate surface area is 404 Å². The Morgan fingerprint density at radius 3 is 2.28 bits per heavy atom. The minimum Gasteiger partial charge on any atom is -0.461 e. The minimum atomic E-state index is -0.181. The summed E-state index contributed by atoms with van der Waals surface area (Å²) in [6, 6.07) is 24.4. The minimum absolute atomic E-state index is 0.120. The van der Waals surface area contributed by atoms with Gasteiger partial charge in [0.05, 0.1) is 6.04 Å². The second-order valence-electron chi connectivity index (χ2n) is 19.7. The molecular weight excluding hydrogens is 829 g/mol. The molecule has 3 aromatic carbocycles. The van der Waals surface area contributed by atoms with Gasteiger partial charge in [-0.1, -0.05) is 162 Å². The van der Waals surface area contributed by atoms with E-state index >= 15 is 0 Å². The van der Waals surface area contributed by atoms with Crippen LogP contribution < -0.4 is 9.64 Å². The van der Waals surface area contributed by atoms with Gasteiger partial charge in [-0.15, -0.1) is 0 Å². The zero-order valence-corrected chi connectivity index (χ0v) is 40.3. The van der Waals surface area contributed by atoms with E-state index in [1.54, 1.807) is 0 Å². The maximum absolute atomic E-state index is 6.92. The Hall–Kier alpha value is -7.30. The van der Waals surface area contributed by atoms with Crippen LogP contribution in [0.15, 0.2) is 246 Å². The maximum Gasteiger partial charge on any atom is 0.136 e. The van der Waals surface area contributed by atoms with Crippen LogP contribution in [-0.2, 0) is 22.0 Å². The largest absolute Gasteiger partial charge is 0.461 e. The second-order valence-corrected chi connectivity index (χ2v) is 19.7. The summed E-state index contributed by atoms with van der Waals surface area (Å²) >= 11 is 0. The molecule has 5 aliphatic carbocycles. The summed E-state index contributed by atoms with van der Waals surface area (Å²) in [5.74, 6) is 3.25. The molecule has 0 radical (unpaired) electrons. The van der Waals surface area contributed by atoms with Crippen LogP contribution in [0.3, 0.4) is 0 Å². The predicted octanol–water partition coefficient (Wildman–Crippen LogP) is 16.0. The Morgan fingerprint density at radius 2 is 1.54 bits per heavy atom. The number of nitrogens with zero attached hydrogens (tertiary/aromatic N) is 2. The van der Waals surface area contributed by atoms with Crippen LogP contribution in [-0.4, -0.2) is 10.9 Å². The van der Waals surface area contributed by atoms with Crippen LogP contribution in [0.1, 0.15) is 94.5 Å². The molecule has 1 saturated heterocycles. The first kappa shape index (κ1) is 44.5. The van der Waals surface area contributed by atoms with Crippen LogP contribution in [0.5, 0.6) is 5.75 Å². The lowest BCUT2D eigenvalue weighted by Gasteiger charge is -2.35. The number of allylic oxidation sites excluding steroid dienone is 19. The first-order chi connectivity index (χ1) is 32.9. The Bertz CT molecular complexity index is 3080. The van der Waals surface area contributed by atoms with Crippen molar-refractivity contribution >= 4 is 17.3 Å². The van der Waals surface area contributed by atoms with Crippen molar-refractivity contribution in [1.82, 2.24) is 4.90 Å². The van der Waals surface area contributed by atoms with Crippen molar-refractivity contribution in [3.8, 4) is 5.75 Å². The summed E-state index contributed by atoms with van der Waals surface area (Å²) in [4.78, 5) is 4.67. The Balaban J connectivity index is 1.02. The Kier molecular flexibility index (Phi) is 11.8. The highest BCUT2D eigenvalue weighted by molar-refractivity contribution is 5.80. The average molecular weight is 891 g/mol. The molecule has 1 atom stereocenters. The van der Waals surface area contributed by atoms with E-state index < -0.39 is 0 Å². The molecule has 1 fully saturated rings. The summed E-state index contributed by atoms with van der Waals surface area (Å²) in [6.45, 7) is 25.1. The summed E-state index contributed by atoms with van der Waals surface area (Å²) in [5, 5.41) is 0. The first-order valence-corrected chi connectivity index (χ1v) is 24.2. The molecule has 340 valence electrons. The highest BCUT2D eigenvalue weighted by Gasteiger charge is 2.36. The Morgan fingerprint density at radius 1 is 0.779 bits per heavy atom. The van der Waals surface area contributed by atoms with Crippen molar-refractivity contribution < 1.29 is 9.47 Å². The molecule has 2 heterocycles. The van der Waals surface area contributed by atoms with Crippen molar-refractivity contribution in [2.24, 2.45) is 0 Å². The highest BCUT2D eigenvalue weighted by atomic mass is 16.5. The van der Waals surface area contributed by atoms with E-state index in [1.807, 2.05) is 6.08 Å². The highest BCUT2D eigenvalue weighted by Crippen LogP contribution is 2.47. The van der Waals surface area contributed by atoms with Crippen LogP contribution in [0.4, 0.5) is 5.69 Å². The fourth-order valence-corrected chi connectivity index (χ4v) is 10.8. The third kappa shape index (κ3) is 8.27. The van der Waals surface area contributed by atoms with Gasteiger partial charge in [0.15, 0.2) is 0 Å². The van der Waals surface area contributed by atoms with Gasteiger partial charge in [-0.25, -0.2) is 0 Å². The van der Waals surface area contributed by atoms with E-state index in [1.165, 1.54) is 33.4 Å². The third-order valence-electron chi connectivity index (χ3n) is 14.7. The number of fused-ring (bicyclic) bond motifs is 8. The molecule has 68 heavy (non-hydrogen) atoms. The monoisotopic (exact) mass is 890 g/mol. The number of ether oxygens (including phenoxy) is 2. The number of rotatable bonds is 10. The normalized spacial score (nSPS) is 25.1. The lowest BCUT2D eigenvalue weighted by atomic mass is 9.81. The fourth-order valence-electron chi connectivity index (χ4n) is 10.8. The number of hydrogen-bond donors (Lipinski definition) is 0. The molecule has 0 aromatic heterocycles. The molecule has 4 nitrogen and oxygen atoms in total. The maximum atomic E-state index is 6.92. The van der Waals surface area contributed by atoms with E-state index in [2.05, 4.69) is 228 Å². The van der Waals surface area contributed by atoms with Crippen molar-refractivity contribution in [3.05, 3.63) is 274 Å². The van der Waals surface area contributed by atoms with Crippen LogP contribution in [0, 0.1) is 0 Å². The number of benzene rings is 3. The van der Waals surface area contributed by atoms with Gasteiger partial charge in [-0.3, -0.25) is 0 Å². The smallest absolute Gasteiger partial charge is 0.136 e. The van der Waals surface area contributed by atoms with Gasteiger partial charge in [0.2, 0.25) is 0 Å². The number of hydrogen-bond acceptors (Lipinski definition) is 4. The van der Waals surface area contributed by atoms with Crippen molar-refractivity contribution in [2.75, 3.05) is 4.90 Å². The molecule has 10 rings (SSSR count). The van der Waals surface area contributed by atoms with Crippen molar-refractivity contribution in [1.29, 1.82) is 0 Å². The van der Waals surface area contributed by atoms with E-state index in [0.717, 1.165) is 93.7 Å². The molecule has 0 saturated carbocycles. The predicted molar refractivity (Wildman–Crippen MR) is 284 cm³/mol. The van der Waals surface area contributed by atoms with Gasteiger partial charge in [0.1, 0.15) is 23.0 Å². The SMILES string of the molecule is C=C/C(=C\C1=Cc2ccccc2C1(C)C)N(C(=C/C)/C=C1\Cc2ccccc2C1(C)C)c1ccc2c(c1)O/C1=C/C=C3\C/C(=C\C=C\2C1)O/C(=C/C(=C)N(C1=CCCC=C1)C1C=CC=CC1)C3=C. The van der Waals surface area contributed by atoms with E-state index in [-0.39, 0.29) is 16.9 Å². The first-order valence-electron chi connectivity index (χ1n) is 24.2. The molecule has 4 bridgehead atoms. The lowest BCUT2D eigenvalue weighted by Crippen LogP contribution is -2.32. The molecule has 7 aliphatic rings. The van der Waals surface area contributed by atoms with Gasteiger partial charge in [0.25, 0.3) is 0 Å². The standard InChI is InChI=1S/C64H62N2O2/c1-9-51(40-49-36-47-21-17-19-27-59(47)63(49,5)6)66(52(10-2)41-50-37-48-22-18-20-28-60(48)64(50,7)8)55-31-34-58-46-30-33-56-38-45(29-32-57(39-46)68-62(58)42-55)44(4)61(67-56)35-43(3)65(53-23-13-11-14-24-53)54-25-15-12-16-26-54/h9-11,13-15,17-23,25-36,40-42,53H,1,3-4,12,16,24,37-39H2,2,5-8H3/b45-29+,46-30+,50-41+,51-40+,52-10+,56-33+,57-32+,61-35+. The molecule has 3 aromatic rings. The van der Waals surface area contributed by atoms with Crippen molar-refractivity contribution in [2.45, 2.75) is 90.0 Å². The average Bonchev–Trinajstić information content (AvgIpc) is 3.76. The second kappa shape index (κ2) is 18.1. The topological polar surface area (TPSA) is 24.9 Å².